The van der Waals surface area contributed by atoms with Gasteiger partial charge in [0.25, 0.3) is 0 Å². The van der Waals surface area contributed by atoms with Crippen molar-refractivity contribution in [3.05, 3.63) is 41.7 Å². The molecule has 0 amide bonds. The van der Waals surface area contributed by atoms with Gasteiger partial charge in [-0.25, -0.2) is 9.97 Å². The van der Waals surface area contributed by atoms with E-state index in [4.69, 9.17) is 4.43 Å². The van der Waals surface area contributed by atoms with Crippen molar-refractivity contribution in [3.8, 4) is 0 Å². The van der Waals surface area contributed by atoms with E-state index in [-0.39, 0.29) is 16.4 Å². The lowest BCUT2D eigenvalue weighted by molar-refractivity contribution is -0.149. The van der Waals surface area contributed by atoms with E-state index >= 15 is 0 Å². The third-order valence-corrected chi connectivity index (χ3v) is 10.9. The summed E-state index contributed by atoms with van der Waals surface area (Å²) in [6, 6.07) is 1.11. The molecule has 1 aliphatic rings. The second-order valence-electron chi connectivity index (χ2n) is 10.0. The molecule has 3 rings (SSSR count). The quantitative estimate of drug-likeness (QED) is 0.441. The summed E-state index contributed by atoms with van der Waals surface area (Å²) in [5.41, 5.74) is -1.52. The molecule has 0 atom stereocenters. The number of hydrogen-bond donors (Lipinski definition) is 0. The number of nitrogens with zero attached hydrogens (tertiary/aromatic N) is 4. The van der Waals surface area contributed by atoms with E-state index < -0.39 is 44.0 Å². The van der Waals surface area contributed by atoms with Gasteiger partial charge in [0.2, 0.25) is 5.78 Å². The number of Topliss-reactive ketones (excluding diaryl/α,β-unsaturated/α-hetero) is 1. The Morgan fingerprint density at radius 3 is 2.32 bits per heavy atom. The lowest BCUT2D eigenvalue weighted by atomic mass is 9.77. The molecule has 0 N–H and O–H groups in total. The molecule has 2 heterocycles. The van der Waals surface area contributed by atoms with Crippen molar-refractivity contribution in [2.45, 2.75) is 82.9 Å². The van der Waals surface area contributed by atoms with Crippen molar-refractivity contribution >= 4 is 14.1 Å². The van der Waals surface area contributed by atoms with Gasteiger partial charge >= 0.3 is 6.18 Å². The van der Waals surface area contributed by atoms with Crippen LogP contribution in [0, 0.1) is 0 Å². The zero-order valence-electron chi connectivity index (χ0n) is 18.7. The van der Waals surface area contributed by atoms with Crippen LogP contribution in [-0.4, -0.2) is 39.5 Å². The van der Waals surface area contributed by atoms with Crippen LogP contribution >= 0.6 is 0 Å². The molecule has 0 spiro atoms. The van der Waals surface area contributed by atoms with Gasteiger partial charge in [0.15, 0.2) is 14.1 Å². The molecule has 1 fully saturated rings. The van der Waals surface area contributed by atoms with Crippen LogP contribution in [0.1, 0.15) is 68.5 Å². The fourth-order valence-corrected chi connectivity index (χ4v) is 5.48. The SMILES string of the molecule is CC1(O[Si](C)(C)C(C)(C)C)CC(n2ncc(CC(=O)c3ncccn3)c2C(F)(F)F)C1. The van der Waals surface area contributed by atoms with E-state index in [1.54, 1.807) is 0 Å². The Morgan fingerprint density at radius 1 is 1.23 bits per heavy atom. The lowest BCUT2D eigenvalue weighted by Gasteiger charge is -2.52. The fraction of sp³-hybridized carbons (Fsp3) is 0.619. The molecule has 0 unspecified atom stereocenters. The van der Waals surface area contributed by atoms with Crippen molar-refractivity contribution in [1.82, 2.24) is 19.7 Å². The monoisotopic (exact) mass is 454 g/mol. The average Bonchev–Trinajstić information content (AvgIpc) is 3.02. The summed E-state index contributed by atoms with van der Waals surface area (Å²) in [4.78, 5) is 20.0. The van der Waals surface area contributed by atoms with E-state index in [0.29, 0.717) is 12.8 Å². The molecular weight excluding hydrogens is 425 g/mol. The zero-order valence-corrected chi connectivity index (χ0v) is 19.7. The molecule has 170 valence electrons. The van der Waals surface area contributed by atoms with E-state index in [1.165, 1.54) is 18.5 Å². The number of halogens is 3. The second-order valence-corrected chi connectivity index (χ2v) is 14.7. The first-order valence-electron chi connectivity index (χ1n) is 10.3. The predicted molar refractivity (Wildman–Crippen MR) is 112 cm³/mol. The maximum atomic E-state index is 13.9. The molecular formula is C21H29F3N4O2Si. The van der Waals surface area contributed by atoms with Crippen LogP contribution in [0.2, 0.25) is 18.1 Å². The fourth-order valence-electron chi connectivity index (χ4n) is 3.77. The summed E-state index contributed by atoms with van der Waals surface area (Å²) < 4.78 is 49.2. The van der Waals surface area contributed by atoms with Crippen LogP contribution in [0.25, 0.3) is 0 Å². The third kappa shape index (κ3) is 4.90. The number of hydrogen-bond acceptors (Lipinski definition) is 5. The minimum atomic E-state index is -4.63. The van der Waals surface area contributed by atoms with Gasteiger partial charge in [-0.1, -0.05) is 20.8 Å². The summed E-state index contributed by atoms with van der Waals surface area (Å²) in [6.45, 7) is 12.6. The van der Waals surface area contributed by atoms with Gasteiger partial charge in [0, 0.05) is 24.4 Å². The molecule has 0 bridgehead atoms. The van der Waals surface area contributed by atoms with Crippen LogP contribution in [0.3, 0.4) is 0 Å². The molecule has 0 aromatic carbocycles. The Kier molecular flexibility index (Phi) is 5.94. The summed E-state index contributed by atoms with van der Waals surface area (Å²) in [5.74, 6) is -0.687. The summed E-state index contributed by atoms with van der Waals surface area (Å²) >= 11 is 0. The topological polar surface area (TPSA) is 69.9 Å². The molecule has 0 aliphatic heterocycles. The van der Waals surface area contributed by atoms with Gasteiger partial charge in [0.1, 0.15) is 5.69 Å². The van der Waals surface area contributed by atoms with Crippen LogP contribution in [0.15, 0.2) is 24.7 Å². The molecule has 0 radical (unpaired) electrons. The first-order chi connectivity index (χ1) is 14.1. The Balaban J connectivity index is 1.80. The standard InChI is InChI=1S/C21H29F3N4O2Si/c1-19(2,3)31(5,6)30-20(4)11-15(12-20)28-17(21(22,23)24)14(13-27-28)10-16(29)18-25-8-7-9-26-18/h7-9,13,15H,10-12H2,1-6H3. The molecule has 1 aliphatic carbocycles. The lowest BCUT2D eigenvalue weighted by Crippen LogP contribution is -2.54. The van der Waals surface area contributed by atoms with E-state index in [2.05, 4.69) is 48.9 Å². The highest BCUT2D eigenvalue weighted by molar-refractivity contribution is 6.74. The van der Waals surface area contributed by atoms with Crippen LogP contribution in [0.4, 0.5) is 13.2 Å². The van der Waals surface area contributed by atoms with Crippen molar-refractivity contribution in [3.63, 3.8) is 0 Å². The van der Waals surface area contributed by atoms with Crippen molar-refractivity contribution in [2.75, 3.05) is 0 Å². The number of carbonyl (C=O) groups excluding carboxylic acids is 1. The van der Waals surface area contributed by atoms with Crippen LogP contribution < -0.4 is 0 Å². The number of aromatic nitrogens is 4. The predicted octanol–water partition coefficient (Wildman–Crippen LogP) is 5.23. The van der Waals surface area contributed by atoms with Gasteiger partial charge in [-0.3, -0.25) is 9.48 Å². The smallest absolute Gasteiger partial charge is 0.411 e. The van der Waals surface area contributed by atoms with Crippen LogP contribution in [-0.2, 0) is 17.0 Å². The van der Waals surface area contributed by atoms with Gasteiger partial charge in [-0.15, -0.1) is 0 Å². The highest BCUT2D eigenvalue weighted by atomic mass is 28.4. The van der Waals surface area contributed by atoms with E-state index in [1.807, 2.05) is 6.92 Å². The van der Waals surface area contributed by atoms with Gasteiger partial charge in [0.05, 0.1) is 17.8 Å². The largest absolute Gasteiger partial charge is 0.433 e. The number of carbonyl (C=O) groups is 1. The normalized spacial score (nSPS) is 22.3. The zero-order chi connectivity index (χ0) is 23.2. The maximum Gasteiger partial charge on any atom is 0.433 e. The summed E-state index contributed by atoms with van der Waals surface area (Å²) in [5, 5.41) is 4.03. The average molecular weight is 455 g/mol. The highest BCUT2D eigenvalue weighted by Crippen LogP contribution is 2.50. The van der Waals surface area contributed by atoms with Crippen molar-refractivity contribution < 1.29 is 22.4 Å². The number of alkyl halides is 3. The Morgan fingerprint density at radius 2 is 1.81 bits per heavy atom. The van der Waals surface area contributed by atoms with Crippen molar-refractivity contribution in [2.24, 2.45) is 0 Å². The van der Waals surface area contributed by atoms with Gasteiger partial charge in [-0.05, 0) is 44.0 Å². The molecule has 2 aromatic rings. The minimum Gasteiger partial charge on any atom is -0.411 e. The third-order valence-electron chi connectivity index (χ3n) is 6.29. The first-order valence-corrected chi connectivity index (χ1v) is 13.2. The van der Waals surface area contributed by atoms with Crippen molar-refractivity contribution in [1.29, 1.82) is 0 Å². The van der Waals surface area contributed by atoms with Crippen LogP contribution in [0.5, 0.6) is 0 Å². The van der Waals surface area contributed by atoms with Gasteiger partial charge in [-0.2, -0.15) is 18.3 Å². The molecule has 0 saturated heterocycles. The maximum absolute atomic E-state index is 13.9. The van der Waals surface area contributed by atoms with E-state index in [9.17, 15) is 18.0 Å². The highest BCUT2D eigenvalue weighted by Gasteiger charge is 2.51. The molecule has 6 nitrogen and oxygen atoms in total. The number of rotatable bonds is 6. The molecule has 2 aromatic heterocycles. The van der Waals surface area contributed by atoms with Gasteiger partial charge < -0.3 is 4.43 Å². The summed E-state index contributed by atoms with van der Waals surface area (Å²) in [7, 11) is -2.06. The summed E-state index contributed by atoms with van der Waals surface area (Å²) in [6.07, 6.45) is -0.302. The van der Waals surface area contributed by atoms with E-state index in [0.717, 1.165) is 10.9 Å². The molecule has 10 heteroatoms. The molecule has 1 saturated carbocycles. The minimum absolute atomic E-state index is 0.0109. The number of ketones is 1. The molecule has 31 heavy (non-hydrogen) atoms. The Labute approximate surface area is 181 Å². The second kappa shape index (κ2) is 7.81. The Bertz CT molecular complexity index is 946. The first kappa shape index (κ1) is 23.6. The Hall–Kier alpha value is -2.07.